The molecule has 19 heavy (non-hydrogen) atoms. The second-order valence-electron chi connectivity index (χ2n) is 4.23. The zero-order chi connectivity index (χ0) is 13.8. The highest BCUT2D eigenvalue weighted by molar-refractivity contribution is 5.94. The molecule has 0 heterocycles. The number of hydrogen-bond donors (Lipinski definition) is 2. The Kier molecular flexibility index (Phi) is 3.92. The minimum absolute atomic E-state index is 0.0138. The SMILES string of the molecule is CC(=O)c1ccc(Nc2cccc(F)c2CN)cc1. The van der Waals surface area contributed by atoms with Crippen LogP contribution in [0.5, 0.6) is 0 Å². The maximum atomic E-state index is 13.6. The first-order valence-corrected chi connectivity index (χ1v) is 5.97. The number of ketones is 1. The molecule has 0 aliphatic heterocycles. The van der Waals surface area contributed by atoms with Crippen LogP contribution in [0.2, 0.25) is 0 Å². The van der Waals surface area contributed by atoms with Crippen LogP contribution in [0.1, 0.15) is 22.8 Å². The Morgan fingerprint density at radius 3 is 2.47 bits per heavy atom. The highest BCUT2D eigenvalue weighted by Crippen LogP contribution is 2.23. The Balaban J connectivity index is 2.26. The Labute approximate surface area is 111 Å². The summed E-state index contributed by atoms with van der Waals surface area (Å²) >= 11 is 0. The van der Waals surface area contributed by atoms with Gasteiger partial charge in [-0.2, -0.15) is 0 Å². The molecule has 0 bridgehead atoms. The molecule has 0 aliphatic carbocycles. The standard InChI is InChI=1S/C15H15FN2O/c1-10(19)11-5-7-12(8-6-11)18-15-4-2-3-14(16)13(15)9-17/h2-8,18H,9,17H2,1H3. The van der Waals surface area contributed by atoms with Crippen LogP contribution < -0.4 is 11.1 Å². The highest BCUT2D eigenvalue weighted by Gasteiger charge is 2.07. The predicted octanol–water partition coefficient (Wildman–Crippen LogP) is 3.23. The van der Waals surface area contributed by atoms with Gasteiger partial charge < -0.3 is 11.1 Å². The Morgan fingerprint density at radius 1 is 1.21 bits per heavy atom. The molecule has 0 aliphatic rings. The molecular weight excluding hydrogens is 243 g/mol. The van der Waals surface area contributed by atoms with Gasteiger partial charge in [0, 0.05) is 29.0 Å². The van der Waals surface area contributed by atoms with Gasteiger partial charge in [-0.3, -0.25) is 4.79 Å². The molecule has 2 rings (SSSR count). The third-order valence-corrected chi connectivity index (χ3v) is 2.89. The van der Waals surface area contributed by atoms with E-state index in [0.717, 1.165) is 5.69 Å². The Hall–Kier alpha value is -2.20. The second-order valence-corrected chi connectivity index (χ2v) is 4.23. The normalized spacial score (nSPS) is 10.3. The molecule has 3 N–H and O–H groups in total. The average Bonchev–Trinajstić information content (AvgIpc) is 2.39. The van der Waals surface area contributed by atoms with Gasteiger partial charge >= 0.3 is 0 Å². The van der Waals surface area contributed by atoms with E-state index < -0.39 is 0 Å². The number of hydrogen-bond acceptors (Lipinski definition) is 3. The first-order chi connectivity index (χ1) is 9.11. The summed E-state index contributed by atoms with van der Waals surface area (Å²) in [6.45, 7) is 1.64. The molecule has 0 radical (unpaired) electrons. The lowest BCUT2D eigenvalue weighted by atomic mass is 10.1. The summed E-state index contributed by atoms with van der Waals surface area (Å²) in [5.41, 5.74) is 8.05. The molecule has 0 saturated heterocycles. The van der Waals surface area contributed by atoms with E-state index in [1.54, 1.807) is 36.4 Å². The molecule has 0 unspecified atom stereocenters. The summed E-state index contributed by atoms with van der Waals surface area (Å²) in [7, 11) is 0. The molecule has 2 aromatic rings. The van der Waals surface area contributed by atoms with Crippen LogP contribution in [-0.4, -0.2) is 5.78 Å². The molecule has 4 heteroatoms. The lowest BCUT2D eigenvalue weighted by Crippen LogP contribution is -2.04. The number of Topliss-reactive ketones (excluding diaryl/α,β-unsaturated/α-hetero) is 1. The van der Waals surface area contributed by atoms with E-state index in [9.17, 15) is 9.18 Å². The zero-order valence-electron chi connectivity index (χ0n) is 10.6. The molecule has 3 nitrogen and oxygen atoms in total. The number of carbonyl (C=O) groups is 1. The van der Waals surface area contributed by atoms with Gasteiger partial charge in [0.25, 0.3) is 0 Å². The van der Waals surface area contributed by atoms with Crippen LogP contribution in [0.25, 0.3) is 0 Å². The fraction of sp³-hybridized carbons (Fsp3) is 0.133. The highest BCUT2D eigenvalue weighted by atomic mass is 19.1. The zero-order valence-corrected chi connectivity index (χ0v) is 10.6. The predicted molar refractivity (Wildman–Crippen MR) is 74.0 cm³/mol. The molecule has 0 atom stereocenters. The van der Waals surface area contributed by atoms with Gasteiger partial charge in [-0.25, -0.2) is 4.39 Å². The van der Waals surface area contributed by atoms with Crippen LogP contribution in [0.4, 0.5) is 15.8 Å². The van der Waals surface area contributed by atoms with Gasteiger partial charge in [0.05, 0.1) is 0 Å². The quantitative estimate of drug-likeness (QED) is 0.828. The molecule has 2 aromatic carbocycles. The van der Waals surface area contributed by atoms with Crippen LogP contribution >= 0.6 is 0 Å². The fourth-order valence-corrected chi connectivity index (χ4v) is 1.83. The van der Waals surface area contributed by atoms with E-state index in [1.807, 2.05) is 0 Å². The largest absolute Gasteiger partial charge is 0.355 e. The topological polar surface area (TPSA) is 55.1 Å². The molecule has 98 valence electrons. The molecule has 0 saturated carbocycles. The number of halogens is 1. The molecular formula is C15H15FN2O. The molecule has 0 amide bonds. The van der Waals surface area contributed by atoms with Gasteiger partial charge in [0.1, 0.15) is 5.82 Å². The number of nitrogens with one attached hydrogen (secondary N) is 1. The Bertz CT molecular complexity index is 594. The Morgan fingerprint density at radius 2 is 1.89 bits per heavy atom. The summed E-state index contributed by atoms with van der Waals surface area (Å²) in [5, 5.41) is 3.10. The van der Waals surface area contributed by atoms with Crippen LogP contribution in [0.3, 0.4) is 0 Å². The maximum Gasteiger partial charge on any atom is 0.159 e. The van der Waals surface area contributed by atoms with E-state index in [0.29, 0.717) is 16.8 Å². The lowest BCUT2D eigenvalue weighted by Gasteiger charge is -2.11. The monoisotopic (exact) mass is 258 g/mol. The van der Waals surface area contributed by atoms with Gasteiger partial charge in [0.2, 0.25) is 0 Å². The van der Waals surface area contributed by atoms with Crippen molar-refractivity contribution in [2.24, 2.45) is 5.73 Å². The molecule has 0 fully saturated rings. The maximum absolute atomic E-state index is 13.6. The smallest absolute Gasteiger partial charge is 0.159 e. The summed E-state index contributed by atoms with van der Waals surface area (Å²) < 4.78 is 13.6. The number of anilines is 2. The summed E-state index contributed by atoms with van der Waals surface area (Å²) in [5.74, 6) is -0.312. The first kappa shape index (κ1) is 13.2. The summed E-state index contributed by atoms with van der Waals surface area (Å²) in [4.78, 5) is 11.2. The van der Waals surface area contributed by atoms with Gasteiger partial charge in [-0.05, 0) is 43.3 Å². The van der Waals surface area contributed by atoms with Crippen molar-refractivity contribution in [3.05, 3.63) is 59.4 Å². The van der Waals surface area contributed by atoms with E-state index in [4.69, 9.17) is 5.73 Å². The number of nitrogens with two attached hydrogens (primary N) is 1. The van der Waals surface area contributed by atoms with Crippen molar-refractivity contribution < 1.29 is 9.18 Å². The fourth-order valence-electron chi connectivity index (χ4n) is 1.83. The second kappa shape index (κ2) is 5.63. The lowest BCUT2D eigenvalue weighted by molar-refractivity contribution is 0.101. The van der Waals surface area contributed by atoms with Gasteiger partial charge in [-0.1, -0.05) is 6.07 Å². The van der Waals surface area contributed by atoms with E-state index in [1.165, 1.54) is 13.0 Å². The number of carbonyl (C=O) groups excluding carboxylic acids is 1. The van der Waals surface area contributed by atoms with E-state index in [-0.39, 0.29) is 18.1 Å². The van der Waals surface area contributed by atoms with Crippen molar-refractivity contribution >= 4 is 17.2 Å². The van der Waals surface area contributed by atoms with E-state index >= 15 is 0 Å². The summed E-state index contributed by atoms with van der Waals surface area (Å²) in [6.07, 6.45) is 0. The van der Waals surface area contributed by atoms with Gasteiger partial charge in [-0.15, -0.1) is 0 Å². The van der Waals surface area contributed by atoms with Crippen molar-refractivity contribution in [1.82, 2.24) is 0 Å². The average molecular weight is 258 g/mol. The van der Waals surface area contributed by atoms with Crippen LogP contribution in [0.15, 0.2) is 42.5 Å². The van der Waals surface area contributed by atoms with E-state index in [2.05, 4.69) is 5.32 Å². The van der Waals surface area contributed by atoms with Crippen molar-refractivity contribution in [3.63, 3.8) is 0 Å². The third kappa shape index (κ3) is 2.98. The van der Waals surface area contributed by atoms with Crippen molar-refractivity contribution in [2.75, 3.05) is 5.32 Å². The third-order valence-electron chi connectivity index (χ3n) is 2.89. The van der Waals surface area contributed by atoms with Crippen LogP contribution in [-0.2, 0) is 6.54 Å². The summed E-state index contributed by atoms with van der Waals surface area (Å²) in [6, 6.07) is 11.8. The van der Waals surface area contributed by atoms with Gasteiger partial charge in [0.15, 0.2) is 5.78 Å². The molecule has 0 aromatic heterocycles. The number of rotatable bonds is 4. The van der Waals surface area contributed by atoms with Crippen molar-refractivity contribution in [2.45, 2.75) is 13.5 Å². The molecule has 0 spiro atoms. The number of benzene rings is 2. The van der Waals surface area contributed by atoms with Crippen molar-refractivity contribution in [1.29, 1.82) is 0 Å². The minimum atomic E-state index is -0.326. The minimum Gasteiger partial charge on any atom is -0.355 e. The van der Waals surface area contributed by atoms with Crippen LogP contribution in [0, 0.1) is 5.82 Å². The van der Waals surface area contributed by atoms with Crippen molar-refractivity contribution in [3.8, 4) is 0 Å². The first-order valence-electron chi connectivity index (χ1n) is 5.97.